The highest BCUT2D eigenvalue weighted by Crippen LogP contribution is 2.26. The van der Waals surface area contributed by atoms with Crippen molar-refractivity contribution in [1.82, 2.24) is 30.3 Å². The van der Waals surface area contributed by atoms with E-state index >= 15 is 0 Å². The van der Waals surface area contributed by atoms with Crippen LogP contribution in [0.3, 0.4) is 0 Å². The van der Waals surface area contributed by atoms with Gasteiger partial charge in [0.25, 0.3) is 5.91 Å². The molecule has 2 aromatic heterocycles. The molecule has 1 fully saturated rings. The number of amides is 1. The Labute approximate surface area is 173 Å². The van der Waals surface area contributed by atoms with Gasteiger partial charge in [-0.15, -0.1) is 12.4 Å². The molecule has 28 heavy (non-hydrogen) atoms. The maximum atomic E-state index is 12.6. The second-order valence-corrected chi connectivity index (χ2v) is 6.95. The summed E-state index contributed by atoms with van der Waals surface area (Å²) in [5.41, 5.74) is 1.71. The number of rotatable bonds is 4. The summed E-state index contributed by atoms with van der Waals surface area (Å²) >= 11 is 6.19. The first-order valence-electron chi connectivity index (χ1n) is 8.85. The van der Waals surface area contributed by atoms with E-state index in [2.05, 4.69) is 30.9 Å². The first-order valence-corrected chi connectivity index (χ1v) is 9.23. The Morgan fingerprint density at radius 2 is 2.04 bits per heavy atom. The minimum absolute atomic E-state index is 0. The fraction of sp³-hybridized carbons (Fsp3) is 0.333. The summed E-state index contributed by atoms with van der Waals surface area (Å²) in [7, 11) is 1.77. The van der Waals surface area contributed by atoms with E-state index in [9.17, 15) is 4.79 Å². The molecule has 8 nitrogen and oxygen atoms in total. The van der Waals surface area contributed by atoms with Crippen LogP contribution in [0.1, 0.15) is 35.1 Å². The van der Waals surface area contributed by atoms with E-state index in [0.29, 0.717) is 28.3 Å². The predicted octanol–water partition coefficient (Wildman–Crippen LogP) is 3.00. The number of H-pyrrole nitrogens is 1. The Morgan fingerprint density at radius 1 is 1.29 bits per heavy atom. The molecular formula is C18H21Cl2N7O. The fourth-order valence-electron chi connectivity index (χ4n) is 3.18. The van der Waals surface area contributed by atoms with Crippen molar-refractivity contribution in [3.63, 3.8) is 0 Å². The lowest BCUT2D eigenvalue weighted by atomic mass is 9.98. The summed E-state index contributed by atoms with van der Waals surface area (Å²) in [4.78, 5) is 17.1. The van der Waals surface area contributed by atoms with Crippen LogP contribution in [0, 0.1) is 0 Å². The summed E-state index contributed by atoms with van der Waals surface area (Å²) in [6.07, 6.45) is 2.00. The Hall–Kier alpha value is -2.42. The molecular weight excluding hydrogens is 401 g/mol. The zero-order valence-corrected chi connectivity index (χ0v) is 16.8. The number of benzene rings is 1. The molecule has 0 atom stereocenters. The number of aryl methyl sites for hydroxylation is 1. The number of hydrogen-bond donors (Lipinski definition) is 3. The molecule has 10 heteroatoms. The SMILES string of the molecule is Cl.Cn1nc(C2CCNCC2)nc1NC(=O)c1cc(-c2ccccc2Cl)n[nH]1. The summed E-state index contributed by atoms with van der Waals surface area (Å²) < 4.78 is 1.60. The van der Waals surface area contributed by atoms with Crippen LogP contribution < -0.4 is 10.6 Å². The number of carbonyl (C=O) groups excluding carboxylic acids is 1. The molecule has 0 radical (unpaired) electrons. The molecule has 1 aliphatic heterocycles. The van der Waals surface area contributed by atoms with Crippen molar-refractivity contribution in [2.75, 3.05) is 18.4 Å². The van der Waals surface area contributed by atoms with Gasteiger partial charge < -0.3 is 5.32 Å². The molecule has 4 rings (SSSR count). The first-order chi connectivity index (χ1) is 13.1. The van der Waals surface area contributed by atoms with Crippen molar-refractivity contribution >= 4 is 35.9 Å². The van der Waals surface area contributed by atoms with Crippen LogP contribution in [-0.4, -0.2) is 44.0 Å². The van der Waals surface area contributed by atoms with Crippen LogP contribution in [0.4, 0.5) is 5.95 Å². The van der Waals surface area contributed by atoms with Gasteiger partial charge in [0.05, 0.1) is 10.7 Å². The first kappa shape index (κ1) is 20.3. The molecule has 0 saturated carbocycles. The molecule has 0 bridgehead atoms. The fourth-order valence-corrected chi connectivity index (χ4v) is 3.41. The van der Waals surface area contributed by atoms with E-state index in [1.54, 1.807) is 23.9 Å². The van der Waals surface area contributed by atoms with Gasteiger partial charge >= 0.3 is 0 Å². The second-order valence-electron chi connectivity index (χ2n) is 6.54. The molecule has 3 aromatic rings. The number of hydrogen-bond acceptors (Lipinski definition) is 5. The zero-order chi connectivity index (χ0) is 18.8. The van der Waals surface area contributed by atoms with E-state index in [4.69, 9.17) is 11.6 Å². The number of carbonyl (C=O) groups is 1. The van der Waals surface area contributed by atoms with Crippen LogP contribution in [-0.2, 0) is 7.05 Å². The molecule has 148 valence electrons. The van der Waals surface area contributed by atoms with Gasteiger partial charge in [-0.1, -0.05) is 29.8 Å². The topological polar surface area (TPSA) is 101 Å². The summed E-state index contributed by atoms with van der Waals surface area (Å²) in [6, 6.07) is 9.03. The summed E-state index contributed by atoms with van der Waals surface area (Å²) in [5.74, 6) is 1.19. The molecule has 3 heterocycles. The molecule has 0 aliphatic carbocycles. The molecule has 1 saturated heterocycles. The maximum Gasteiger partial charge on any atom is 0.276 e. The van der Waals surface area contributed by atoms with Crippen molar-refractivity contribution in [2.24, 2.45) is 7.05 Å². The third-order valence-electron chi connectivity index (χ3n) is 4.68. The van der Waals surface area contributed by atoms with E-state index in [-0.39, 0.29) is 18.3 Å². The number of anilines is 1. The van der Waals surface area contributed by atoms with Crippen molar-refractivity contribution in [3.05, 3.63) is 46.9 Å². The Bertz CT molecular complexity index is 963. The Morgan fingerprint density at radius 3 is 2.79 bits per heavy atom. The molecule has 1 aromatic carbocycles. The number of halogens is 2. The third-order valence-corrected chi connectivity index (χ3v) is 5.01. The van der Waals surface area contributed by atoms with Crippen molar-refractivity contribution in [3.8, 4) is 11.3 Å². The van der Waals surface area contributed by atoms with Crippen LogP contribution in [0.5, 0.6) is 0 Å². The quantitative estimate of drug-likeness (QED) is 0.600. The average Bonchev–Trinajstić information content (AvgIpc) is 3.30. The highest BCUT2D eigenvalue weighted by atomic mass is 35.5. The van der Waals surface area contributed by atoms with Crippen molar-refractivity contribution in [2.45, 2.75) is 18.8 Å². The average molecular weight is 422 g/mol. The lowest BCUT2D eigenvalue weighted by Gasteiger charge is -2.19. The second kappa shape index (κ2) is 8.72. The third kappa shape index (κ3) is 4.19. The van der Waals surface area contributed by atoms with Gasteiger partial charge in [0.1, 0.15) is 5.69 Å². The maximum absolute atomic E-state index is 12.6. The molecule has 0 spiro atoms. The highest BCUT2D eigenvalue weighted by molar-refractivity contribution is 6.33. The van der Waals surface area contributed by atoms with Gasteiger partial charge in [-0.05, 0) is 38.1 Å². The van der Waals surface area contributed by atoms with Crippen LogP contribution in [0.15, 0.2) is 30.3 Å². The van der Waals surface area contributed by atoms with E-state index in [0.717, 1.165) is 37.3 Å². The van der Waals surface area contributed by atoms with E-state index in [1.807, 2.05) is 18.2 Å². The number of nitrogens with zero attached hydrogens (tertiary/aromatic N) is 4. The zero-order valence-electron chi connectivity index (χ0n) is 15.3. The van der Waals surface area contributed by atoms with Gasteiger partial charge in [0.15, 0.2) is 5.82 Å². The molecule has 3 N–H and O–H groups in total. The Kier molecular flexibility index (Phi) is 6.33. The van der Waals surface area contributed by atoms with Gasteiger partial charge in [0.2, 0.25) is 5.95 Å². The summed E-state index contributed by atoms with van der Waals surface area (Å²) in [6.45, 7) is 1.92. The number of aromatic nitrogens is 5. The minimum Gasteiger partial charge on any atom is -0.317 e. The lowest BCUT2D eigenvalue weighted by Crippen LogP contribution is -2.27. The van der Waals surface area contributed by atoms with Gasteiger partial charge in [-0.25, -0.2) is 4.68 Å². The standard InChI is InChI=1S/C18H20ClN7O.ClH/c1-26-18(21-16(25-26)11-6-8-20-9-7-11)22-17(27)15-10-14(23-24-15)12-4-2-3-5-13(12)19;/h2-5,10-11,20H,6-9H2,1H3,(H,23,24)(H,21,22,25,27);1H. The van der Waals surface area contributed by atoms with E-state index < -0.39 is 0 Å². The smallest absolute Gasteiger partial charge is 0.276 e. The number of nitrogens with one attached hydrogen (secondary N) is 3. The molecule has 0 unspecified atom stereocenters. The van der Waals surface area contributed by atoms with Crippen LogP contribution in [0.25, 0.3) is 11.3 Å². The number of aromatic amines is 1. The number of piperidine rings is 1. The van der Waals surface area contributed by atoms with Gasteiger partial charge in [-0.3, -0.25) is 15.2 Å². The van der Waals surface area contributed by atoms with Crippen LogP contribution in [0.2, 0.25) is 5.02 Å². The molecule has 1 aliphatic rings. The normalized spacial score (nSPS) is 14.5. The predicted molar refractivity (Wildman–Crippen MR) is 110 cm³/mol. The van der Waals surface area contributed by atoms with Crippen LogP contribution >= 0.6 is 24.0 Å². The molecule has 1 amide bonds. The highest BCUT2D eigenvalue weighted by Gasteiger charge is 2.22. The lowest BCUT2D eigenvalue weighted by molar-refractivity contribution is 0.102. The van der Waals surface area contributed by atoms with Gasteiger partial charge in [0, 0.05) is 18.5 Å². The summed E-state index contributed by atoms with van der Waals surface area (Å²) in [5, 5.41) is 18.1. The van der Waals surface area contributed by atoms with Gasteiger partial charge in [-0.2, -0.15) is 15.2 Å². The largest absolute Gasteiger partial charge is 0.317 e. The Balaban J connectivity index is 0.00000225. The van der Waals surface area contributed by atoms with Crippen molar-refractivity contribution in [1.29, 1.82) is 0 Å². The van der Waals surface area contributed by atoms with Crippen molar-refractivity contribution < 1.29 is 4.79 Å². The minimum atomic E-state index is -0.326. The monoisotopic (exact) mass is 421 g/mol. The van der Waals surface area contributed by atoms with E-state index in [1.165, 1.54) is 0 Å².